The number of carbonyl (C=O) groups excluding carboxylic acids is 1. The lowest BCUT2D eigenvalue weighted by Crippen LogP contribution is -2.10. The fourth-order valence-electron chi connectivity index (χ4n) is 3.26. The topological polar surface area (TPSA) is 55.0 Å². The van der Waals surface area contributed by atoms with E-state index in [2.05, 4.69) is 34.2 Å². The average molecular weight is 364 g/mol. The van der Waals surface area contributed by atoms with Gasteiger partial charge in [0.1, 0.15) is 17.4 Å². The number of rotatable bonds is 10. The molecule has 0 bridgehead atoms. The smallest absolute Gasteiger partial charge is 0.156 e. The molecule has 27 heavy (non-hydrogen) atoms. The van der Waals surface area contributed by atoms with E-state index in [9.17, 15) is 4.79 Å². The third-order valence-corrected chi connectivity index (χ3v) is 4.84. The molecule has 3 rings (SSSR count). The second-order valence-electron chi connectivity index (χ2n) is 7.06. The summed E-state index contributed by atoms with van der Waals surface area (Å²) in [6.45, 7) is 3.93. The monoisotopic (exact) mass is 364 g/mol. The van der Waals surface area contributed by atoms with Crippen molar-refractivity contribution in [1.82, 2.24) is 9.97 Å². The van der Waals surface area contributed by atoms with Crippen LogP contribution in [0.4, 0.5) is 0 Å². The molecular formula is C23H28N2O2. The van der Waals surface area contributed by atoms with Gasteiger partial charge in [0.2, 0.25) is 0 Å². The van der Waals surface area contributed by atoms with Crippen molar-refractivity contribution in [3.63, 3.8) is 0 Å². The summed E-state index contributed by atoms with van der Waals surface area (Å²) in [7, 11) is 0. The summed E-state index contributed by atoms with van der Waals surface area (Å²) in [6.07, 6.45) is 6.92. The van der Waals surface area contributed by atoms with Gasteiger partial charge in [-0.1, -0.05) is 43.7 Å². The van der Waals surface area contributed by atoms with Gasteiger partial charge in [-0.3, -0.25) is 4.79 Å². The summed E-state index contributed by atoms with van der Waals surface area (Å²) < 4.78 is 6.31. The van der Waals surface area contributed by atoms with Crippen molar-refractivity contribution in [3.05, 3.63) is 60.2 Å². The van der Waals surface area contributed by atoms with E-state index in [0.29, 0.717) is 18.6 Å². The zero-order chi connectivity index (χ0) is 19.1. The minimum absolute atomic E-state index is 0.110. The Morgan fingerprint density at radius 3 is 2.67 bits per heavy atom. The van der Waals surface area contributed by atoms with Crippen LogP contribution < -0.4 is 4.74 Å². The molecule has 0 spiro atoms. The second kappa shape index (κ2) is 9.36. The van der Waals surface area contributed by atoms with Crippen molar-refractivity contribution in [1.29, 1.82) is 0 Å². The predicted octanol–water partition coefficient (Wildman–Crippen LogP) is 5.92. The number of nitrogens with one attached hydrogen (secondary N) is 1. The molecule has 142 valence electrons. The first-order valence-corrected chi connectivity index (χ1v) is 9.84. The molecule has 0 amide bonds. The standard InChI is InChI=1S/C23H28N2O2/c1-3-20(26)11-5-4-6-12-22(23-24-16-17(2)25-23)27-21-14-13-18-9-7-8-10-19(18)15-21/h7-10,13-16,22H,3-6,11-12H2,1-2H3,(H,24,25). The first kappa shape index (κ1) is 19.2. The van der Waals surface area contributed by atoms with Gasteiger partial charge in [-0.05, 0) is 49.1 Å². The van der Waals surface area contributed by atoms with Gasteiger partial charge in [0, 0.05) is 24.7 Å². The number of H-pyrrole nitrogens is 1. The van der Waals surface area contributed by atoms with Gasteiger partial charge in [-0.2, -0.15) is 0 Å². The molecule has 4 heteroatoms. The molecule has 0 aliphatic heterocycles. The van der Waals surface area contributed by atoms with Crippen molar-refractivity contribution in [2.45, 2.75) is 58.5 Å². The first-order chi connectivity index (χ1) is 13.2. The number of hydrogen-bond donors (Lipinski definition) is 1. The van der Waals surface area contributed by atoms with Gasteiger partial charge in [-0.25, -0.2) is 4.98 Å². The number of ether oxygens (including phenoxy) is 1. The molecule has 0 saturated carbocycles. The maximum absolute atomic E-state index is 11.4. The number of nitrogens with zero attached hydrogens (tertiary/aromatic N) is 1. The number of Topliss-reactive ketones (excluding diaryl/α,β-unsaturated/α-hetero) is 1. The van der Waals surface area contributed by atoms with E-state index < -0.39 is 0 Å². The van der Waals surface area contributed by atoms with Crippen molar-refractivity contribution in [2.24, 2.45) is 0 Å². The highest BCUT2D eigenvalue weighted by Gasteiger charge is 2.17. The Balaban J connectivity index is 1.65. The van der Waals surface area contributed by atoms with Crippen LogP contribution in [0.5, 0.6) is 5.75 Å². The molecule has 2 aromatic carbocycles. The molecule has 0 fully saturated rings. The quantitative estimate of drug-likeness (QED) is 0.454. The van der Waals surface area contributed by atoms with Crippen LogP contribution in [0.2, 0.25) is 0 Å². The third-order valence-electron chi connectivity index (χ3n) is 4.84. The summed E-state index contributed by atoms with van der Waals surface area (Å²) >= 11 is 0. The first-order valence-electron chi connectivity index (χ1n) is 9.84. The maximum Gasteiger partial charge on any atom is 0.156 e. The number of aromatic nitrogens is 2. The highest BCUT2D eigenvalue weighted by atomic mass is 16.5. The number of fused-ring (bicyclic) bond motifs is 1. The zero-order valence-electron chi connectivity index (χ0n) is 16.2. The Kier molecular flexibility index (Phi) is 6.64. The van der Waals surface area contributed by atoms with Crippen LogP contribution in [-0.4, -0.2) is 15.8 Å². The fraction of sp³-hybridized carbons (Fsp3) is 0.391. The van der Waals surface area contributed by atoms with Gasteiger partial charge in [-0.15, -0.1) is 0 Å². The second-order valence-corrected chi connectivity index (χ2v) is 7.06. The van der Waals surface area contributed by atoms with E-state index in [0.717, 1.165) is 43.0 Å². The van der Waals surface area contributed by atoms with Crippen LogP contribution in [0.25, 0.3) is 10.8 Å². The SMILES string of the molecule is CCC(=O)CCCCCC(Oc1ccc2ccccc2c1)c1ncc(C)[nH]1. The molecule has 0 saturated heterocycles. The molecule has 0 aliphatic rings. The summed E-state index contributed by atoms with van der Waals surface area (Å²) in [5.41, 5.74) is 1.03. The molecular weight excluding hydrogens is 336 g/mol. The van der Waals surface area contributed by atoms with Crippen LogP contribution in [-0.2, 0) is 4.79 Å². The Morgan fingerprint density at radius 1 is 1.11 bits per heavy atom. The van der Waals surface area contributed by atoms with E-state index in [1.807, 2.05) is 38.2 Å². The number of unbranched alkanes of at least 4 members (excludes halogenated alkanes) is 2. The summed E-state index contributed by atoms with van der Waals surface area (Å²) in [6, 6.07) is 14.5. The molecule has 0 aliphatic carbocycles. The molecule has 3 aromatic rings. The van der Waals surface area contributed by atoms with Crippen molar-refractivity contribution >= 4 is 16.6 Å². The predicted molar refractivity (Wildman–Crippen MR) is 109 cm³/mol. The molecule has 1 unspecified atom stereocenters. The van der Waals surface area contributed by atoms with Crippen LogP contribution in [0.15, 0.2) is 48.7 Å². The van der Waals surface area contributed by atoms with E-state index in [-0.39, 0.29) is 6.10 Å². The Labute approximate surface area is 161 Å². The van der Waals surface area contributed by atoms with Crippen LogP contribution >= 0.6 is 0 Å². The third kappa shape index (κ3) is 5.43. The molecule has 1 atom stereocenters. The fourth-order valence-corrected chi connectivity index (χ4v) is 3.26. The lowest BCUT2D eigenvalue weighted by atomic mass is 10.1. The van der Waals surface area contributed by atoms with Crippen molar-refractivity contribution in [3.8, 4) is 5.75 Å². The number of imidazole rings is 1. The summed E-state index contributed by atoms with van der Waals surface area (Å²) in [5, 5.41) is 2.37. The van der Waals surface area contributed by atoms with Crippen LogP contribution in [0.3, 0.4) is 0 Å². The number of ketones is 1. The summed E-state index contributed by atoms with van der Waals surface area (Å²) in [5.74, 6) is 2.07. The normalized spacial score (nSPS) is 12.2. The average Bonchev–Trinajstić information content (AvgIpc) is 3.12. The highest BCUT2D eigenvalue weighted by molar-refractivity contribution is 5.83. The van der Waals surface area contributed by atoms with E-state index in [4.69, 9.17) is 4.74 Å². The largest absolute Gasteiger partial charge is 0.483 e. The minimum Gasteiger partial charge on any atom is -0.483 e. The number of aromatic amines is 1. The van der Waals surface area contributed by atoms with Crippen LogP contribution in [0, 0.1) is 6.92 Å². The lowest BCUT2D eigenvalue weighted by molar-refractivity contribution is -0.118. The lowest BCUT2D eigenvalue weighted by Gasteiger charge is -2.18. The number of benzene rings is 2. The van der Waals surface area contributed by atoms with Gasteiger partial charge in [0.15, 0.2) is 6.10 Å². The van der Waals surface area contributed by atoms with Gasteiger partial charge < -0.3 is 9.72 Å². The minimum atomic E-state index is -0.110. The van der Waals surface area contributed by atoms with E-state index in [1.54, 1.807) is 0 Å². The van der Waals surface area contributed by atoms with Gasteiger partial charge >= 0.3 is 0 Å². The Morgan fingerprint density at radius 2 is 1.93 bits per heavy atom. The van der Waals surface area contributed by atoms with Crippen molar-refractivity contribution < 1.29 is 9.53 Å². The van der Waals surface area contributed by atoms with Gasteiger partial charge in [0.05, 0.1) is 0 Å². The Bertz CT molecular complexity index is 885. The Hall–Kier alpha value is -2.62. The molecule has 1 heterocycles. The molecule has 0 radical (unpaired) electrons. The molecule has 1 aromatic heterocycles. The maximum atomic E-state index is 11.4. The van der Waals surface area contributed by atoms with Crippen LogP contribution in [0.1, 0.15) is 63.1 Å². The number of carbonyl (C=O) groups is 1. The molecule has 4 nitrogen and oxygen atoms in total. The number of aryl methyl sites for hydroxylation is 1. The number of hydrogen-bond acceptors (Lipinski definition) is 3. The zero-order valence-corrected chi connectivity index (χ0v) is 16.2. The van der Waals surface area contributed by atoms with Crippen molar-refractivity contribution in [2.75, 3.05) is 0 Å². The van der Waals surface area contributed by atoms with E-state index in [1.165, 1.54) is 10.8 Å². The van der Waals surface area contributed by atoms with E-state index >= 15 is 0 Å². The molecule has 1 N–H and O–H groups in total. The van der Waals surface area contributed by atoms with Gasteiger partial charge in [0.25, 0.3) is 0 Å². The summed E-state index contributed by atoms with van der Waals surface area (Å²) in [4.78, 5) is 19.2. The highest BCUT2D eigenvalue weighted by Crippen LogP contribution is 2.28.